The molecular weight excluding hydrogens is 328 g/mol. The minimum atomic E-state index is -2.69. The van der Waals surface area contributed by atoms with Crippen LogP contribution in [-0.4, -0.2) is 34.0 Å². The van der Waals surface area contributed by atoms with Crippen molar-refractivity contribution in [3.63, 3.8) is 0 Å². The molecule has 1 atom stereocenters. The molecule has 25 heavy (non-hydrogen) atoms. The lowest BCUT2D eigenvalue weighted by molar-refractivity contribution is -0.0429. The molecule has 2 heterocycles. The molecule has 7 heteroatoms. The molecule has 1 aromatic carbocycles. The van der Waals surface area contributed by atoms with Gasteiger partial charge in [0.05, 0.1) is 24.8 Å². The number of carbonyl (C=O) groups is 1. The lowest BCUT2D eigenvalue weighted by atomic mass is 9.92. The first-order valence-electron chi connectivity index (χ1n) is 8.48. The monoisotopic (exact) mass is 347 g/mol. The van der Waals surface area contributed by atoms with Crippen LogP contribution < -0.4 is 10.1 Å². The summed E-state index contributed by atoms with van der Waals surface area (Å²) < 4.78 is 34.7. The molecule has 0 bridgehead atoms. The molecule has 0 radical (unpaired) electrons. The molecule has 4 rings (SSSR count). The van der Waals surface area contributed by atoms with Crippen molar-refractivity contribution in [3.05, 3.63) is 36.3 Å². The number of hydrogen-bond donors (Lipinski definition) is 1. The van der Waals surface area contributed by atoms with Gasteiger partial charge >= 0.3 is 0 Å². The van der Waals surface area contributed by atoms with Gasteiger partial charge in [-0.05, 0) is 31.0 Å². The summed E-state index contributed by atoms with van der Waals surface area (Å²) in [6.07, 6.45) is 4.08. The van der Waals surface area contributed by atoms with Gasteiger partial charge in [-0.15, -0.1) is 0 Å². The van der Waals surface area contributed by atoms with Gasteiger partial charge in [0.2, 0.25) is 5.92 Å². The summed E-state index contributed by atoms with van der Waals surface area (Å²) in [5.74, 6) is -2.33. The first-order chi connectivity index (χ1) is 12.0. The zero-order valence-corrected chi connectivity index (χ0v) is 13.7. The average molecular weight is 347 g/mol. The fraction of sp³-hybridized carbons (Fsp3) is 0.444. The highest BCUT2D eigenvalue weighted by molar-refractivity contribution is 5.96. The highest BCUT2D eigenvalue weighted by atomic mass is 19.3. The van der Waals surface area contributed by atoms with E-state index in [4.69, 9.17) is 4.74 Å². The third-order valence-corrected chi connectivity index (χ3v) is 4.80. The van der Waals surface area contributed by atoms with E-state index >= 15 is 0 Å². The van der Waals surface area contributed by atoms with E-state index in [1.165, 1.54) is 0 Å². The molecule has 0 saturated heterocycles. The predicted octanol–water partition coefficient (Wildman–Crippen LogP) is 3.25. The minimum absolute atomic E-state index is 0.0977. The van der Waals surface area contributed by atoms with Crippen LogP contribution in [-0.2, 0) is 6.54 Å². The standard InChI is InChI=1S/C18H19F2N3O2/c19-18(20)5-1-2-13(9-18)22-17(24)12-3-4-16-14(8-12)15-10-21-11-23(15)6-7-25-16/h3-4,8,10-11,13H,1-2,5-7,9H2,(H,22,24)/t13-/m1/s1. The van der Waals surface area contributed by atoms with Gasteiger partial charge in [-0.1, -0.05) is 0 Å². The summed E-state index contributed by atoms with van der Waals surface area (Å²) >= 11 is 0. The maximum absolute atomic E-state index is 13.5. The van der Waals surface area contributed by atoms with Crippen LogP contribution in [0.2, 0.25) is 0 Å². The summed E-state index contributed by atoms with van der Waals surface area (Å²) in [7, 11) is 0. The minimum Gasteiger partial charge on any atom is -0.491 e. The van der Waals surface area contributed by atoms with Gasteiger partial charge < -0.3 is 14.6 Å². The number of rotatable bonds is 2. The van der Waals surface area contributed by atoms with Gasteiger partial charge in [0, 0.05) is 30.0 Å². The third kappa shape index (κ3) is 3.23. The van der Waals surface area contributed by atoms with Crippen LogP contribution >= 0.6 is 0 Å². The number of benzene rings is 1. The van der Waals surface area contributed by atoms with Gasteiger partial charge in [0.15, 0.2) is 0 Å². The molecule has 1 aromatic heterocycles. The number of carbonyl (C=O) groups excluding carboxylic acids is 1. The van der Waals surface area contributed by atoms with Gasteiger partial charge in [0.25, 0.3) is 5.91 Å². The number of alkyl halides is 2. The van der Waals surface area contributed by atoms with E-state index in [1.807, 2.05) is 4.57 Å². The number of imidazole rings is 1. The van der Waals surface area contributed by atoms with E-state index in [-0.39, 0.29) is 18.7 Å². The van der Waals surface area contributed by atoms with Crippen LogP contribution in [0.4, 0.5) is 8.78 Å². The summed E-state index contributed by atoms with van der Waals surface area (Å²) in [6.45, 7) is 1.21. The maximum atomic E-state index is 13.5. The van der Waals surface area contributed by atoms with Crippen LogP contribution in [0.15, 0.2) is 30.7 Å². The number of nitrogens with one attached hydrogen (secondary N) is 1. The molecule has 1 aliphatic heterocycles. The summed E-state index contributed by atoms with van der Waals surface area (Å²) in [4.78, 5) is 16.7. The van der Waals surface area contributed by atoms with E-state index < -0.39 is 12.0 Å². The molecule has 1 saturated carbocycles. The Kier molecular flexibility index (Phi) is 3.94. The van der Waals surface area contributed by atoms with Crippen LogP contribution in [0.25, 0.3) is 11.3 Å². The van der Waals surface area contributed by atoms with Gasteiger partial charge in [-0.2, -0.15) is 0 Å². The molecule has 132 valence electrons. The second-order valence-electron chi connectivity index (χ2n) is 6.65. The second-order valence-corrected chi connectivity index (χ2v) is 6.65. The number of aromatic nitrogens is 2. The topological polar surface area (TPSA) is 56.2 Å². The molecule has 2 aliphatic rings. The Balaban J connectivity index is 1.57. The Morgan fingerprint density at radius 3 is 3.12 bits per heavy atom. The smallest absolute Gasteiger partial charge is 0.251 e. The van der Waals surface area contributed by atoms with Gasteiger partial charge in [-0.3, -0.25) is 4.79 Å². The zero-order valence-electron chi connectivity index (χ0n) is 13.7. The molecule has 5 nitrogen and oxygen atoms in total. The predicted molar refractivity (Wildman–Crippen MR) is 87.8 cm³/mol. The van der Waals surface area contributed by atoms with Crippen LogP contribution in [0, 0.1) is 0 Å². The lowest BCUT2D eigenvalue weighted by Gasteiger charge is -2.29. The highest BCUT2D eigenvalue weighted by Crippen LogP contribution is 2.34. The summed E-state index contributed by atoms with van der Waals surface area (Å²) in [6, 6.07) is 4.67. The molecule has 1 aliphatic carbocycles. The number of hydrogen-bond acceptors (Lipinski definition) is 3. The number of amides is 1. The first kappa shape index (κ1) is 16.1. The molecule has 1 amide bonds. The SMILES string of the molecule is O=C(N[C@@H]1CCCC(F)(F)C1)c1ccc2c(c1)-c1cncn1CCO2. The van der Waals surface area contributed by atoms with Crippen LogP contribution in [0.5, 0.6) is 5.75 Å². The summed E-state index contributed by atoms with van der Waals surface area (Å²) in [5.41, 5.74) is 2.11. The van der Waals surface area contributed by atoms with Crippen LogP contribution in [0.1, 0.15) is 36.0 Å². The van der Waals surface area contributed by atoms with Crippen molar-refractivity contribution in [3.8, 4) is 17.0 Å². The number of halogens is 2. The van der Waals surface area contributed by atoms with Crippen molar-refractivity contribution in [2.24, 2.45) is 0 Å². The van der Waals surface area contributed by atoms with Crippen LogP contribution in [0.3, 0.4) is 0 Å². The lowest BCUT2D eigenvalue weighted by Crippen LogP contribution is -2.42. The van der Waals surface area contributed by atoms with E-state index in [0.717, 1.165) is 11.3 Å². The van der Waals surface area contributed by atoms with E-state index in [1.54, 1.807) is 30.7 Å². The maximum Gasteiger partial charge on any atom is 0.251 e. The fourth-order valence-electron chi connectivity index (χ4n) is 3.54. The largest absolute Gasteiger partial charge is 0.491 e. The fourth-order valence-corrected chi connectivity index (χ4v) is 3.54. The first-order valence-corrected chi connectivity index (χ1v) is 8.48. The Hall–Kier alpha value is -2.44. The van der Waals surface area contributed by atoms with Crippen molar-refractivity contribution in [1.29, 1.82) is 0 Å². The molecule has 1 fully saturated rings. The Bertz CT molecular complexity index is 803. The summed E-state index contributed by atoms with van der Waals surface area (Å²) in [5, 5.41) is 2.75. The number of fused-ring (bicyclic) bond motifs is 3. The number of ether oxygens (including phenoxy) is 1. The Morgan fingerprint density at radius 1 is 1.40 bits per heavy atom. The molecule has 0 unspecified atom stereocenters. The number of nitrogens with zero attached hydrogens (tertiary/aromatic N) is 2. The molecule has 1 N–H and O–H groups in total. The Morgan fingerprint density at radius 2 is 2.28 bits per heavy atom. The van der Waals surface area contributed by atoms with Crippen molar-refractivity contribution < 1.29 is 18.3 Å². The van der Waals surface area contributed by atoms with Gasteiger partial charge in [0.1, 0.15) is 12.4 Å². The van der Waals surface area contributed by atoms with E-state index in [2.05, 4.69) is 10.3 Å². The van der Waals surface area contributed by atoms with E-state index in [9.17, 15) is 13.6 Å². The normalized spacial score (nSPS) is 21.4. The second kappa shape index (κ2) is 6.13. The molecule has 0 spiro atoms. The van der Waals surface area contributed by atoms with Crippen molar-refractivity contribution in [1.82, 2.24) is 14.9 Å². The Labute approximate surface area is 144 Å². The van der Waals surface area contributed by atoms with E-state index in [0.29, 0.717) is 37.3 Å². The molecular formula is C18H19F2N3O2. The van der Waals surface area contributed by atoms with Crippen molar-refractivity contribution in [2.75, 3.05) is 6.61 Å². The zero-order chi connectivity index (χ0) is 17.4. The van der Waals surface area contributed by atoms with Gasteiger partial charge in [-0.25, -0.2) is 13.8 Å². The average Bonchev–Trinajstić information content (AvgIpc) is 2.95. The molecule has 2 aromatic rings. The van der Waals surface area contributed by atoms with Crippen molar-refractivity contribution in [2.45, 2.75) is 44.2 Å². The quantitative estimate of drug-likeness (QED) is 0.907. The third-order valence-electron chi connectivity index (χ3n) is 4.80. The van der Waals surface area contributed by atoms with Crippen molar-refractivity contribution >= 4 is 5.91 Å². The highest BCUT2D eigenvalue weighted by Gasteiger charge is 2.36.